The Morgan fingerprint density at radius 1 is 1.22 bits per heavy atom. The molecule has 0 saturated heterocycles. The summed E-state index contributed by atoms with van der Waals surface area (Å²) < 4.78 is 28.3. The predicted octanol–water partition coefficient (Wildman–Crippen LogP) is 1.86. The van der Waals surface area contributed by atoms with E-state index in [1.807, 2.05) is 7.05 Å². The van der Waals surface area contributed by atoms with Crippen LogP contribution in [0.2, 0.25) is 0 Å². The van der Waals surface area contributed by atoms with Crippen molar-refractivity contribution < 1.29 is 13.2 Å². The molecule has 1 aromatic rings. The van der Waals surface area contributed by atoms with Crippen molar-refractivity contribution in [1.29, 1.82) is 0 Å². The molecule has 0 saturated carbocycles. The van der Waals surface area contributed by atoms with Crippen molar-refractivity contribution in [2.75, 3.05) is 26.5 Å². The normalized spacial score (nSPS) is 11.4. The van der Waals surface area contributed by atoms with Crippen molar-refractivity contribution in [3.8, 4) is 5.75 Å². The van der Waals surface area contributed by atoms with E-state index in [2.05, 4.69) is 5.32 Å². The fraction of sp³-hybridized carbons (Fsp3) is 0.538. The summed E-state index contributed by atoms with van der Waals surface area (Å²) in [6, 6.07) is 6.63. The summed E-state index contributed by atoms with van der Waals surface area (Å²) in [5, 5.41) is 3.09. The van der Waals surface area contributed by atoms with Crippen LogP contribution in [0.5, 0.6) is 5.75 Å². The summed E-state index contributed by atoms with van der Waals surface area (Å²) in [4.78, 5) is 0.301. The Bertz CT molecular complexity index is 457. The van der Waals surface area contributed by atoms with Crippen molar-refractivity contribution in [3.05, 3.63) is 24.3 Å². The van der Waals surface area contributed by atoms with Crippen LogP contribution in [0.25, 0.3) is 0 Å². The molecule has 0 unspecified atom stereocenters. The number of unbranched alkanes of at least 4 members (excludes halogenated alkanes) is 2. The molecule has 0 atom stereocenters. The third-order valence-electron chi connectivity index (χ3n) is 2.57. The maximum absolute atomic E-state index is 11.4. The van der Waals surface area contributed by atoms with E-state index in [-0.39, 0.29) is 0 Å². The lowest BCUT2D eigenvalue weighted by Crippen LogP contribution is -2.08. The minimum atomic E-state index is -3.16. The van der Waals surface area contributed by atoms with E-state index in [1.54, 1.807) is 24.3 Å². The van der Waals surface area contributed by atoms with E-state index in [9.17, 15) is 8.42 Å². The molecule has 0 radical (unpaired) electrons. The highest BCUT2D eigenvalue weighted by atomic mass is 32.2. The van der Waals surface area contributed by atoms with Gasteiger partial charge in [0, 0.05) is 6.26 Å². The minimum absolute atomic E-state index is 0.301. The molecule has 102 valence electrons. The molecule has 1 aromatic carbocycles. The molecule has 4 nitrogen and oxygen atoms in total. The van der Waals surface area contributed by atoms with E-state index >= 15 is 0 Å². The molecule has 0 aliphatic heterocycles. The number of sulfone groups is 1. The third-order valence-corrected chi connectivity index (χ3v) is 3.68. The first-order valence-corrected chi connectivity index (χ1v) is 8.00. The Kier molecular flexibility index (Phi) is 6.15. The molecule has 0 fully saturated rings. The number of hydrogen-bond donors (Lipinski definition) is 1. The Morgan fingerprint density at radius 3 is 2.67 bits per heavy atom. The van der Waals surface area contributed by atoms with Gasteiger partial charge in [-0.05, 0) is 51.1 Å². The standard InChI is InChI=1S/C13H21NO3S/c1-14-9-4-3-5-10-17-12-7-6-8-13(11-12)18(2,15)16/h6-8,11,14H,3-5,9-10H2,1-2H3. The van der Waals surface area contributed by atoms with Crippen molar-refractivity contribution >= 4 is 9.84 Å². The molecule has 0 heterocycles. The molecular formula is C13H21NO3S. The van der Waals surface area contributed by atoms with Gasteiger partial charge in [0.15, 0.2) is 9.84 Å². The van der Waals surface area contributed by atoms with Gasteiger partial charge in [0.25, 0.3) is 0 Å². The lowest BCUT2D eigenvalue weighted by Gasteiger charge is -2.07. The lowest BCUT2D eigenvalue weighted by molar-refractivity contribution is 0.304. The highest BCUT2D eigenvalue weighted by Crippen LogP contribution is 2.17. The summed E-state index contributed by atoms with van der Waals surface area (Å²) in [6.45, 7) is 1.64. The van der Waals surface area contributed by atoms with E-state index < -0.39 is 9.84 Å². The second kappa shape index (κ2) is 7.38. The van der Waals surface area contributed by atoms with E-state index in [0.717, 1.165) is 25.8 Å². The molecule has 1 rings (SSSR count). The largest absolute Gasteiger partial charge is 0.494 e. The van der Waals surface area contributed by atoms with E-state index in [4.69, 9.17) is 4.74 Å². The van der Waals surface area contributed by atoms with E-state index in [1.165, 1.54) is 6.26 Å². The highest BCUT2D eigenvalue weighted by Gasteiger charge is 2.07. The Balaban J connectivity index is 2.39. The van der Waals surface area contributed by atoms with Crippen LogP contribution in [0.4, 0.5) is 0 Å². The summed E-state index contributed by atoms with van der Waals surface area (Å²) in [6.07, 6.45) is 4.41. The maximum Gasteiger partial charge on any atom is 0.175 e. The summed E-state index contributed by atoms with van der Waals surface area (Å²) in [5.74, 6) is 0.617. The molecule has 0 spiro atoms. The topological polar surface area (TPSA) is 55.4 Å². The fourth-order valence-corrected chi connectivity index (χ4v) is 2.22. The SMILES string of the molecule is CNCCCCCOc1cccc(S(C)(=O)=O)c1. The van der Waals surface area contributed by atoms with Crippen LogP contribution in [-0.2, 0) is 9.84 Å². The van der Waals surface area contributed by atoms with Gasteiger partial charge < -0.3 is 10.1 Å². The zero-order chi connectivity index (χ0) is 13.4. The van der Waals surface area contributed by atoms with Crippen LogP contribution in [-0.4, -0.2) is 34.9 Å². The van der Waals surface area contributed by atoms with Crippen LogP contribution in [0.1, 0.15) is 19.3 Å². The average Bonchev–Trinajstić information content (AvgIpc) is 2.33. The zero-order valence-electron chi connectivity index (χ0n) is 11.0. The van der Waals surface area contributed by atoms with Gasteiger partial charge in [0.1, 0.15) is 5.75 Å². The number of hydrogen-bond acceptors (Lipinski definition) is 4. The summed E-state index contributed by atoms with van der Waals surface area (Å²) in [5.41, 5.74) is 0. The smallest absolute Gasteiger partial charge is 0.175 e. The average molecular weight is 271 g/mol. The first-order chi connectivity index (χ1) is 8.54. The Labute approximate surface area is 109 Å². The Hall–Kier alpha value is -1.07. The molecule has 0 aliphatic carbocycles. The van der Waals surface area contributed by atoms with Gasteiger partial charge in [0.05, 0.1) is 11.5 Å². The van der Waals surface area contributed by atoms with Crippen LogP contribution in [0.3, 0.4) is 0 Å². The quantitative estimate of drug-likeness (QED) is 0.733. The van der Waals surface area contributed by atoms with E-state index in [0.29, 0.717) is 17.3 Å². The first kappa shape index (κ1) is 15.0. The number of nitrogens with one attached hydrogen (secondary N) is 1. The van der Waals surface area contributed by atoms with Crippen molar-refractivity contribution in [2.24, 2.45) is 0 Å². The van der Waals surface area contributed by atoms with Crippen LogP contribution in [0, 0.1) is 0 Å². The minimum Gasteiger partial charge on any atom is -0.494 e. The third kappa shape index (κ3) is 5.51. The van der Waals surface area contributed by atoms with Crippen LogP contribution >= 0.6 is 0 Å². The van der Waals surface area contributed by atoms with Gasteiger partial charge in [0.2, 0.25) is 0 Å². The molecule has 1 N–H and O–H groups in total. The molecule has 0 aliphatic rings. The molecule has 5 heteroatoms. The first-order valence-electron chi connectivity index (χ1n) is 6.11. The molecule has 0 amide bonds. The zero-order valence-corrected chi connectivity index (χ0v) is 11.8. The number of benzene rings is 1. The summed E-state index contributed by atoms with van der Waals surface area (Å²) >= 11 is 0. The highest BCUT2D eigenvalue weighted by molar-refractivity contribution is 7.90. The monoisotopic (exact) mass is 271 g/mol. The molecule has 0 bridgehead atoms. The molecule has 0 aromatic heterocycles. The van der Waals surface area contributed by atoms with Gasteiger partial charge in [-0.3, -0.25) is 0 Å². The van der Waals surface area contributed by atoms with Crippen molar-refractivity contribution in [3.63, 3.8) is 0 Å². The van der Waals surface area contributed by atoms with Gasteiger partial charge in [-0.25, -0.2) is 8.42 Å². The van der Waals surface area contributed by atoms with Crippen molar-refractivity contribution in [2.45, 2.75) is 24.2 Å². The van der Waals surface area contributed by atoms with Crippen LogP contribution in [0.15, 0.2) is 29.2 Å². The lowest BCUT2D eigenvalue weighted by atomic mass is 10.2. The fourth-order valence-electron chi connectivity index (χ4n) is 1.57. The number of ether oxygens (including phenoxy) is 1. The van der Waals surface area contributed by atoms with Crippen LogP contribution < -0.4 is 10.1 Å². The van der Waals surface area contributed by atoms with Gasteiger partial charge in [-0.2, -0.15) is 0 Å². The second-order valence-corrected chi connectivity index (χ2v) is 6.28. The second-order valence-electron chi connectivity index (χ2n) is 4.26. The van der Waals surface area contributed by atoms with Gasteiger partial charge in [-0.15, -0.1) is 0 Å². The molecule has 18 heavy (non-hydrogen) atoms. The Morgan fingerprint density at radius 2 is 2.00 bits per heavy atom. The summed E-state index contributed by atoms with van der Waals surface area (Å²) in [7, 11) is -1.22. The van der Waals surface area contributed by atoms with Gasteiger partial charge in [-0.1, -0.05) is 6.07 Å². The number of rotatable bonds is 8. The maximum atomic E-state index is 11.4. The van der Waals surface area contributed by atoms with Gasteiger partial charge >= 0.3 is 0 Å². The predicted molar refractivity (Wildman–Crippen MR) is 72.8 cm³/mol. The van der Waals surface area contributed by atoms with Crippen molar-refractivity contribution in [1.82, 2.24) is 5.32 Å². The molecular weight excluding hydrogens is 250 g/mol.